The van der Waals surface area contributed by atoms with Gasteiger partial charge in [-0.05, 0) is 51.4 Å². The predicted octanol–water partition coefficient (Wildman–Crippen LogP) is 10.2. The fourth-order valence-corrected chi connectivity index (χ4v) is 4.56. The molecule has 0 saturated heterocycles. The Morgan fingerprint density at radius 3 is 1.98 bits per heavy atom. The van der Waals surface area contributed by atoms with Gasteiger partial charge >= 0.3 is 21.1 Å². The van der Waals surface area contributed by atoms with Gasteiger partial charge in [0.25, 0.3) is 0 Å². The van der Waals surface area contributed by atoms with Crippen LogP contribution in [-0.4, -0.2) is 9.97 Å². The standard InChI is InChI=1S/C36H35N3.Pt/c1-35(2,3)26-14-11-13-25(23-26)30-18-12-19-33(38-30)29-24-27(36(4,5)6)20-21-34(29)39-32-17-8-7-15-28(32)31-16-9-10-22-37-31;/h7-12,14-24H,1-6H3;/q-2;+2. The van der Waals surface area contributed by atoms with E-state index in [1.54, 1.807) is 0 Å². The maximum Gasteiger partial charge on any atom is 2.00 e. The summed E-state index contributed by atoms with van der Waals surface area (Å²) in [5.74, 6) is 0. The van der Waals surface area contributed by atoms with Gasteiger partial charge in [0.05, 0.1) is 11.4 Å². The summed E-state index contributed by atoms with van der Waals surface area (Å²) < 4.78 is 0. The predicted molar refractivity (Wildman–Crippen MR) is 164 cm³/mol. The molecule has 0 amide bonds. The van der Waals surface area contributed by atoms with Crippen molar-refractivity contribution in [1.29, 1.82) is 0 Å². The van der Waals surface area contributed by atoms with Gasteiger partial charge < -0.3 is 5.32 Å². The van der Waals surface area contributed by atoms with Crippen LogP contribution in [0.25, 0.3) is 39.1 Å². The van der Waals surface area contributed by atoms with Crippen molar-refractivity contribution in [1.82, 2.24) is 9.97 Å². The molecule has 0 aliphatic rings. The minimum Gasteiger partial charge on any atom is -0.657 e. The number of nitrogens with zero attached hydrogens (tertiary/aromatic N) is 3. The van der Waals surface area contributed by atoms with E-state index >= 15 is 0 Å². The van der Waals surface area contributed by atoms with Gasteiger partial charge in [0.2, 0.25) is 0 Å². The van der Waals surface area contributed by atoms with E-state index in [1.165, 1.54) is 11.1 Å². The number of rotatable bonds is 5. The maximum atomic E-state index is 5.18. The fourth-order valence-electron chi connectivity index (χ4n) is 4.56. The van der Waals surface area contributed by atoms with Crippen LogP contribution >= 0.6 is 0 Å². The number of aromatic nitrogens is 2. The van der Waals surface area contributed by atoms with Crippen LogP contribution in [-0.2, 0) is 31.9 Å². The Kier molecular flexibility index (Phi) is 8.76. The first-order valence-electron chi connectivity index (χ1n) is 13.5. The minimum atomic E-state index is -0.00836. The second-order valence-corrected chi connectivity index (χ2v) is 12.0. The SMILES string of the molecule is CC(C)(C)c1cc[c-]c(-c2cccc(-c3cc(C(C)(C)C)ccc3[N-]c3ccccc3-c3ccccn3)n2)c1.[Pt+2]. The molecule has 3 aromatic carbocycles. The van der Waals surface area contributed by atoms with Crippen molar-refractivity contribution < 1.29 is 21.1 Å². The Labute approximate surface area is 253 Å². The summed E-state index contributed by atoms with van der Waals surface area (Å²) in [7, 11) is 0. The van der Waals surface area contributed by atoms with Gasteiger partial charge in [-0.1, -0.05) is 102 Å². The van der Waals surface area contributed by atoms with Crippen molar-refractivity contribution in [2.24, 2.45) is 0 Å². The Hall–Kier alpha value is -3.55. The summed E-state index contributed by atoms with van der Waals surface area (Å²) in [5, 5.41) is 5.18. The summed E-state index contributed by atoms with van der Waals surface area (Å²) >= 11 is 0. The molecular weight excluding hydrogens is 669 g/mol. The molecule has 0 aliphatic heterocycles. The molecule has 0 spiro atoms. The van der Waals surface area contributed by atoms with Crippen molar-refractivity contribution in [3.8, 4) is 33.8 Å². The van der Waals surface area contributed by atoms with Crippen LogP contribution in [0.3, 0.4) is 0 Å². The quantitative estimate of drug-likeness (QED) is 0.171. The van der Waals surface area contributed by atoms with Crippen molar-refractivity contribution in [3.63, 3.8) is 0 Å². The van der Waals surface area contributed by atoms with E-state index in [0.717, 1.165) is 45.1 Å². The molecule has 40 heavy (non-hydrogen) atoms. The molecule has 204 valence electrons. The molecule has 0 aliphatic carbocycles. The number of hydrogen-bond acceptors (Lipinski definition) is 2. The topological polar surface area (TPSA) is 39.9 Å². The molecule has 3 nitrogen and oxygen atoms in total. The molecule has 0 bridgehead atoms. The van der Waals surface area contributed by atoms with E-state index in [1.807, 2.05) is 48.7 Å². The largest absolute Gasteiger partial charge is 2.00 e. The number of hydrogen-bond donors (Lipinski definition) is 0. The molecule has 0 atom stereocenters. The van der Waals surface area contributed by atoms with Crippen LogP contribution in [0.15, 0.2) is 103 Å². The molecule has 0 saturated carbocycles. The molecule has 0 N–H and O–H groups in total. The van der Waals surface area contributed by atoms with Crippen LogP contribution in [0.5, 0.6) is 0 Å². The normalized spacial score (nSPS) is 11.6. The summed E-state index contributed by atoms with van der Waals surface area (Å²) in [6, 6.07) is 36.6. The molecular formula is C36H35N3Pt. The first-order valence-corrected chi connectivity index (χ1v) is 13.5. The van der Waals surface area contributed by atoms with Crippen LogP contribution in [0.1, 0.15) is 52.7 Å². The Morgan fingerprint density at radius 1 is 0.600 bits per heavy atom. The average Bonchev–Trinajstić information content (AvgIpc) is 2.93. The monoisotopic (exact) mass is 704 g/mol. The Balaban J connectivity index is 0.00000370. The van der Waals surface area contributed by atoms with Crippen LogP contribution in [0, 0.1) is 6.07 Å². The van der Waals surface area contributed by atoms with E-state index in [9.17, 15) is 0 Å². The smallest absolute Gasteiger partial charge is 0.657 e. The number of para-hydroxylation sites is 1. The first kappa shape index (κ1) is 29.4. The minimum absolute atomic E-state index is 0. The van der Waals surface area contributed by atoms with Gasteiger partial charge in [-0.2, -0.15) is 0 Å². The maximum absolute atomic E-state index is 5.18. The summed E-state index contributed by atoms with van der Waals surface area (Å²) in [6.07, 6.45) is 1.82. The third-order valence-electron chi connectivity index (χ3n) is 6.92. The molecule has 0 unspecified atom stereocenters. The van der Waals surface area contributed by atoms with E-state index in [-0.39, 0.29) is 31.9 Å². The molecule has 5 aromatic rings. The number of benzene rings is 3. The van der Waals surface area contributed by atoms with E-state index in [2.05, 4.69) is 107 Å². The molecule has 2 aromatic heterocycles. The van der Waals surface area contributed by atoms with Gasteiger partial charge in [0.1, 0.15) is 0 Å². The van der Waals surface area contributed by atoms with Gasteiger partial charge in [0.15, 0.2) is 0 Å². The van der Waals surface area contributed by atoms with Crippen molar-refractivity contribution in [2.45, 2.75) is 52.4 Å². The van der Waals surface area contributed by atoms with Gasteiger partial charge in [-0.25, -0.2) is 0 Å². The van der Waals surface area contributed by atoms with Gasteiger partial charge in [0, 0.05) is 6.20 Å². The fraction of sp³-hybridized carbons (Fsp3) is 0.222. The van der Waals surface area contributed by atoms with Gasteiger partial charge in [-0.15, -0.1) is 46.8 Å². The Morgan fingerprint density at radius 2 is 1.25 bits per heavy atom. The van der Waals surface area contributed by atoms with E-state index in [0.29, 0.717) is 0 Å². The second kappa shape index (κ2) is 11.9. The number of pyridine rings is 2. The average molecular weight is 705 g/mol. The Bertz CT molecular complexity index is 1600. The third-order valence-corrected chi connectivity index (χ3v) is 6.92. The van der Waals surface area contributed by atoms with Gasteiger partial charge in [-0.3, -0.25) is 9.97 Å². The third kappa shape index (κ3) is 6.59. The van der Waals surface area contributed by atoms with E-state index in [4.69, 9.17) is 10.3 Å². The van der Waals surface area contributed by atoms with Crippen molar-refractivity contribution in [2.75, 3.05) is 0 Å². The first-order chi connectivity index (χ1) is 18.6. The van der Waals surface area contributed by atoms with Crippen LogP contribution in [0.4, 0.5) is 11.4 Å². The van der Waals surface area contributed by atoms with Crippen LogP contribution in [0.2, 0.25) is 0 Å². The van der Waals surface area contributed by atoms with Crippen molar-refractivity contribution >= 4 is 11.4 Å². The zero-order chi connectivity index (χ0) is 27.6. The zero-order valence-electron chi connectivity index (χ0n) is 24.0. The van der Waals surface area contributed by atoms with E-state index < -0.39 is 0 Å². The molecule has 0 radical (unpaired) electrons. The van der Waals surface area contributed by atoms with Crippen molar-refractivity contribution in [3.05, 3.63) is 126 Å². The molecule has 0 fully saturated rings. The molecule has 2 heterocycles. The summed E-state index contributed by atoms with van der Waals surface area (Å²) in [4.78, 5) is 9.71. The summed E-state index contributed by atoms with van der Waals surface area (Å²) in [5.41, 5.74) is 10.00. The second-order valence-electron chi connectivity index (χ2n) is 12.0. The molecule has 5 rings (SSSR count). The molecule has 4 heteroatoms. The summed E-state index contributed by atoms with van der Waals surface area (Å²) in [6.45, 7) is 13.4. The van der Waals surface area contributed by atoms with Crippen LogP contribution < -0.4 is 0 Å². The zero-order valence-corrected chi connectivity index (χ0v) is 26.2.